The Labute approximate surface area is 121 Å². The van der Waals surface area contributed by atoms with Crippen LogP contribution in [0.15, 0.2) is 0 Å². The molecule has 1 fully saturated rings. The highest BCUT2D eigenvalue weighted by atomic mass is 32.2. The van der Waals surface area contributed by atoms with Crippen LogP contribution in [-0.4, -0.2) is 62.5 Å². The lowest BCUT2D eigenvalue weighted by Crippen LogP contribution is -2.35. The first-order chi connectivity index (χ1) is 9.57. The standard InChI is InChI=1S/C11H19F3N2O4S/c12-11(13,14)8-16-4-3-9(7-16)6-15-21(19,20)5-1-2-10(17)18/h9,15H,1-8H2,(H,17,18). The minimum Gasteiger partial charge on any atom is -0.481 e. The second kappa shape index (κ2) is 7.41. The monoisotopic (exact) mass is 332 g/mol. The summed E-state index contributed by atoms with van der Waals surface area (Å²) in [5.74, 6) is -1.51. The van der Waals surface area contributed by atoms with Crippen LogP contribution in [0, 0.1) is 5.92 Å². The maximum Gasteiger partial charge on any atom is 0.401 e. The first-order valence-corrected chi connectivity index (χ1v) is 8.21. The Kier molecular flexibility index (Phi) is 6.41. The number of alkyl halides is 3. The van der Waals surface area contributed by atoms with E-state index in [1.54, 1.807) is 0 Å². The molecular formula is C11H19F3N2O4S. The van der Waals surface area contributed by atoms with E-state index < -0.39 is 28.7 Å². The van der Waals surface area contributed by atoms with Crippen molar-refractivity contribution in [2.24, 2.45) is 5.92 Å². The van der Waals surface area contributed by atoms with E-state index >= 15 is 0 Å². The van der Waals surface area contributed by atoms with Crippen LogP contribution in [-0.2, 0) is 14.8 Å². The van der Waals surface area contributed by atoms with Crippen molar-refractivity contribution in [1.82, 2.24) is 9.62 Å². The van der Waals surface area contributed by atoms with Gasteiger partial charge in [0.25, 0.3) is 0 Å². The molecule has 21 heavy (non-hydrogen) atoms. The Morgan fingerprint density at radius 2 is 2.05 bits per heavy atom. The number of hydrogen-bond donors (Lipinski definition) is 2. The number of carbonyl (C=O) groups is 1. The van der Waals surface area contributed by atoms with Crippen LogP contribution in [0.3, 0.4) is 0 Å². The van der Waals surface area contributed by atoms with Crippen LogP contribution in [0.25, 0.3) is 0 Å². The fraction of sp³-hybridized carbons (Fsp3) is 0.909. The van der Waals surface area contributed by atoms with Crippen molar-refractivity contribution in [3.8, 4) is 0 Å². The number of carboxylic acids is 1. The Hall–Kier alpha value is -0.870. The zero-order chi connectivity index (χ0) is 16.1. The van der Waals surface area contributed by atoms with Crippen molar-refractivity contribution in [1.29, 1.82) is 0 Å². The minimum absolute atomic E-state index is 0.00946. The van der Waals surface area contributed by atoms with Crippen molar-refractivity contribution in [3.05, 3.63) is 0 Å². The zero-order valence-corrected chi connectivity index (χ0v) is 12.2. The summed E-state index contributed by atoms with van der Waals surface area (Å²) in [5.41, 5.74) is 0. The fourth-order valence-corrected chi connectivity index (χ4v) is 3.37. The van der Waals surface area contributed by atoms with Crippen LogP contribution in [0.4, 0.5) is 13.2 Å². The van der Waals surface area contributed by atoms with E-state index in [1.165, 1.54) is 4.90 Å². The lowest BCUT2D eigenvalue weighted by molar-refractivity contribution is -0.143. The molecule has 10 heteroatoms. The van der Waals surface area contributed by atoms with Crippen LogP contribution in [0.2, 0.25) is 0 Å². The largest absolute Gasteiger partial charge is 0.481 e. The summed E-state index contributed by atoms with van der Waals surface area (Å²) in [6.07, 6.45) is -3.96. The number of nitrogens with zero attached hydrogens (tertiary/aromatic N) is 1. The highest BCUT2D eigenvalue weighted by Crippen LogP contribution is 2.22. The summed E-state index contributed by atoms with van der Waals surface area (Å²) in [5, 5.41) is 8.42. The quantitative estimate of drug-likeness (QED) is 0.682. The van der Waals surface area contributed by atoms with Gasteiger partial charge in [-0.15, -0.1) is 0 Å². The summed E-state index contributed by atoms with van der Waals surface area (Å²) in [6.45, 7) is -0.388. The Morgan fingerprint density at radius 3 is 2.62 bits per heavy atom. The van der Waals surface area contributed by atoms with Gasteiger partial charge in [0.1, 0.15) is 0 Å². The summed E-state index contributed by atoms with van der Waals surface area (Å²) in [7, 11) is -3.57. The van der Waals surface area contributed by atoms with E-state index in [4.69, 9.17) is 5.11 Å². The van der Waals surface area contributed by atoms with Crippen molar-refractivity contribution < 1.29 is 31.5 Å². The van der Waals surface area contributed by atoms with Gasteiger partial charge in [-0.1, -0.05) is 0 Å². The fourth-order valence-electron chi connectivity index (χ4n) is 2.21. The molecule has 1 unspecified atom stereocenters. The van der Waals surface area contributed by atoms with Gasteiger partial charge in [0.15, 0.2) is 0 Å². The van der Waals surface area contributed by atoms with E-state index in [1.807, 2.05) is 0 Å². The molecule has 0 aliphatic carbocycles. The van der Waals surface area contributed by atoms with Crippen molar-refractivity contribution in [3.63, 3.8) is 0 Å². The normalized spacial score (nSPS) is 20.8. The lowest BCUT2D eigenvalue weighted by atomic mass is 10.1. The minimum atomic E-state index is -4.24. The molecular weight excluding hydrogens is 313 g/mol. The van der Waals surface area contributed by atoms with Gasteiger partial charge in [-0.25, -0.2) is 13.1 Å². The molecule has 6 nitrogen and oxygen atoms in total. The molecule has 1 rings (SSSR count). The van der Waals surface area contributed by atoms with Crippen LogP contribution >= 0.6 is 0 Å². The van der Waals surface area contributed by atoms with Gasteiger partial charge in [-0.05, 0) is 25.3 Å². The predicted octanol–water partition coefficient (Wildman–Crippen LogP) is 0.655. The van der Waals surface area contributed by atoms with E-state index in [0.717, 1.165) is 0 Å². The summed E-state index contributed by atoms with van der Waals surface area (Å²) in [4.78, 5) is 11.5. The van der Waals surface area contributed by atoms with Crippen LogP contribution in [0.1, 0.15) is 19.3 Å². The highest BCUT2D eigenvalue weighted by Gasteiger charge is 2.34. The number of halogens is 3. The van der Waals surface area contributed by atoms with E-state index in [0.29, 0.717) is 13.0 Å². The van der Waals surface area contributed by atoms with Gasteiger partial charge in [-0.3, -0.25) is 9.69 Å². The van der Waals surface area contributed by atoms with Gasteiger partial charge < -0.3 is 5.11 Å². The van der Waals surface area contributed by atoms with Crippen molar-refractivity contribution in [2.75, 3.05) is 31.9 Å². The van der Waals surface area contributed by atoms with E-state index in [9.17, 15) is 26.4 Å². The van der Waals surface area contributed by atoms with Gasteiger partial charge in [0, 0.05) is 19.5 Å². The molecule has 124 valence electrons. The molecule has 0 aromatic heterocycles. The van der Waals surface area contributed by atoms with Gasteiger partial charge in [-0.2, -0.15) is 13.2 Å². The maximum atomic E-state index is 12.2. The topological polar surface area (TPSA) is 86.7 Å². The number of carboxylic acid groups (broad SMARTS) is 1. The van der Waals surface area contributed by atoms with E-state index in [-0.39, 0.29) is 37.6 Å². The number of hydrogen-bond acceptors (Lipinski definition) is 4. The SMILES string of the molecule is O=C(O)CCCS(=O)(=O)NCC1CCN(CC(F)(F)F)C1. The van der Waals surface area contributed by atoms with Crippen LogP contribution in [0.5, 0.6) is 0 Å². The first-order valence-electron chi connectivity index (χ1n) is 6.55. The molecule has 1 aliphatic heterocycles. The summed E-state index contributed by atoms with van der Waals surface area (Å²) < 4.78 is 62.1. The Balaban J connectivity index is 2.28. The predicted molar refractivity (Wildman–Crippen MR) is 69.3 cm³/mol. The second-order valence-corrected chi connectivity index (χ2v) is 7.10. The average Bonchev–Trinajstić information content (AvgIpc) is 2.71. The van der Waals surface area contributed by atoms with Gasteiger partial charge in [0.05, 0.1) is 12.3 Å². The van der Waals surface area contributed by atoms with Crippen LogP contribution < -0.4 is 4.72 Å². The highest BCUT2D eigenvalue weighted by molar-refractivity contribution is 7.89. The van der Waals surface area contributed by atoms with Crippen molar-refractivity contribution >= 4 is 16.0 Å². The number of sulfonamides is 1. The maximum absolute atomic E-state index is 12.2. The molecule has 0 aromatic rings. The molecule has 1 saturated heterocycles. The summed E-state index contributed by atoms with van der Waals surface area (Å²) >= 11 is 0. The van der Waals surface area contributed by atoms with Gasteiger partial charge >= 0.3 is 12.1 Å². The molecule has 0 spiro atoms. The summed E-state index contributed by atoms with van der Waals surface area (Å²) in [6, 6.07) is 0. The lowest BCUT2D eigenvalue weighted by Gasteiger charge is -2.18. The molecule has 0 bridgehead atoms. The number of aliphatic carboxylic acids is 1. The average molecular weight is 332 g/mol. The molecule has 0 saturated carbocycles. The van der Waals surface area contributed by atoms with E-state index in [2.05, 4.69) is 4.72 Å². The molecule has 0 radical (unpaired) electrons. The molecule has 0 amide bonds. The Bertz CT molecular complexity index is 453. The first kappa shape index (κ1) is 18.2. The second-order valence-electron chi connectivity index (χ2n) is 5.17. The molecule has 0 aromatic carbocycles. The smallest absolute Gasteiger partial charge is 0.401 e. The molecule has 1 atom stereocenters. The number of likely N-dealkylation sites (tertiary alicyclic amines) is 1. The third-order valence-electron chi connectivity index (χ3n) is 3.17. The number of nitrogens with one attached hydrogen (secondary N) is 1. The third kappa shape index (κ3) is 8.22. The van der Waals surface area contributed by atoms with Gasteiger partial charge in [0.2, 0.25) is 10.0 Å². The van der Waals surface area contributed by atoms with Crippen molar-refractivity contribution in [2.45, 2.75) is 25.4 Å². The molecule has 2 N–H and O–H groups in total. The third-order valence-corrected chi connectivity index (χ3v) is 4.60. The zero-order valence-electron chi connectivity index (χ0n) is 11.4. The number of rotatable bonds is 8. The molecule has 1 aliphatic rings. The molecule has 1 heterocycles. The Morgan fingerprint density at radius 1 is 1.38 bits per heavy atom.